The van der Waals surface area contributed by atoms with Gasteiger partial charge in [-0.1, -0.05) is 23.2 Å². The quantitative estimate of drug-likeness (QED) is 0.543. The van der Waals surface area contributed by atoms with Crippen molar-refractivity contribution >= 4 is 52.2 Å². The molecule has 2 amide bonds. The highest BCUT2D eigenvalue weighted by Crippen LogP contribution is 2.27. The van der Waals surface area contributed by atoms with Crippen LogP contribution in [-0.4, -0.2) is 48.1 Å². The predicted molar refractivity (Wildman–Crippen MR) is 124 cm³/mol. The minimum atomic E-state index is -0.399. The summed E-state index contributed by atoms with van der Waals surface area (Å²) in [6, 6.07) is 11.2. The minimum Gasteiger partial charge on any atom is -0.378 e. The van der Waals surface area contributed by atoms with Gasteiger partial charge < -0.3 is 20.3 Å². The highest BCUT2D eigenvalue weighted by atomic mass is 35.5. The molecule has 0 bridgehead atoms. The number of hydrogen-bond donors (Lipinski definition) is 2. The van der Waals surface area contributed by atoms with E-state index in [1.807, 2.05) is 0 Å². The van der Waals surface area contributed by atoms with Crippen LogP contribution < -0.4 is 15.5 Å². The van der Waals surface area contributed by atoms with Crippen molar-refractivity contribution in [1.82, 2.24) is 9.97 Å². The van der Waals surface area contributed by atoms with Gasteiger partial charge in [0, 0.05) is 42.3 Å². The van der Waals surface area contributed by atoms with Crippen molar-refractivity contribution in [3.63, 3.8) is 0 Å². The molecule has 32 heavy (non-hydrogen) atoms. The van der Waals surface area contributed by atoms with Gasteiger partial charge in [0.25, 0.3) is 11.8 Å². The van der Waals surface area contributed by atoms with E-state index >= 15 is 0 Å². The van der Waals surface area contributed by atoms with Crippen molar-refractivity contribution in [3.05, 3.63) is 76.2 Å². The number of anilines is 3. The van der Waals surface area contributed by atoms with Gasteiger partial charge >= 0.3 is 0 Å². The van der Waals surface area contributed by atoms with Gasteiger partial charge in [0.05, 0.1) is 23.9 Å². The molecule has 1 saturated heterocycles. The highest BCUT2D eigenvalue weighted by Gasteiger charge is 2.16. The van der Waals surface area contributed by atoms with Crippen LogP contribution in [0.2, 0.25) is 10.2 Å². The second kappa shape index (κ2) is 9.95. The Morgan fingerprint density at radius 3 is 2.31 bits per heavy atom. The molecule has 1 aliphatic heterocycles. The molecule has 0 radical (unpaired) electrons. The van der Waals surface area contributed by atoms with Crippen LogP contribution in [0.25, 0.3) is 0 Å². The fourth-order valence-corrected chi connectivity index (χ4v) is 3.50. The number of hydrogen-bond acceptors (Lipinski definition) is 6. The number of aromatic nitrogens is 2. The summed E-state index contributed by atoms with van der Waals surface area (Å²) in [5.74, 6) is 0.0207. The second-order valence-corrected chi connectivity index (χ2v) is 7.77. The van der Waals surface area contributed by atoms with Crippen LogP contribution in [0, 0.1) is 0 Å². The van der Waals surface area contributed by atoms with Gasteiger partial charge in [-0.2, -0.15) is 0 Å². The van der Waals surface area contributed by atoms with Crippen LogP contribution in [0.3, 0.4) is 0 Å². The Balaban J connectivity index is 1.48. The molecule has 3 aromatic rings. The number of amides is 2. The van der Waals surface area contributed by atoms with Crippen LogP contribution >= 0.6 is 23.2 Å². The minimum absolute atomic E-state index is 0.207. The van der Waals surface area contributed by atoms with E-state index in [1.165, 1.54) is 18.3 Å². The van der Waals surface area contributed by atoms with Crippen molar-refractivity contribution in [2.45, 2.75) is 0 Å². The smallest absolute Gasteiger partial charge is 0.255 e. The van der Waals surface area contributed by atoms with Crippen LogP contribution in [0.5, 0.6) is 0 Å². The van der Waals surface area contributed by atoms with Crippen molar-refractivity contribution in [2.75, 3.05) is 41.8 Å². The molecule has 0 unspecified atom stereocenters. The van der Waals surface area contributed by atoms with Gasteiger partial charge in [-0.25, -0.2) is 9.97 Å². The molecule has 0 spiro atoms. The second-order valence-electron chi connectivity index (χ2n) is 6.97. The van der Waals surface area contributed by atoms with Crippen LogP contribution in [-0.2, 0) is 4.74 Å². The molecular formula is C22H19Cl2N5O3. The molecule has 0 aliphatic carbocycles. The summed E-state index contributed by atoms with van der Waals surface area (Å²) in [5.41, 5.74) is 1.63. The number of rotatable bonds is 5. The fraction of sp³-hybridized carbons (Fsp3) is 0.182. The average Bonchev–Trinajstić information content (AvgIpc) is 2.82. The fourth-order valence-electron chi connectivity index (χ4n) is 3.17. The Kier molecular flexibility index (Phi) is 6.84. The molecular weight excluding hydrogens is 453 g/mol. The summed E-state index contributed by atoms with van der Waals surface area (Å²) < 4.78 is 5.36. The molecule has 2 aromatic heterocycles. The van der Waals surface area contributed by atoms with E-state index in [0.29, 0.717) is 40.7 Å². The van der Waals surface area contributed by atoms with Gasteiger partial charge in [0.1, 0.15) is 11.0 Å². The zero-order valence-corrected chi connectivity index (χ0v) is 18.4. The molecule has 0 saturated carbocycles. The van der Waals surface area contributed by atoms with Crippen molar-refractivity contribution in [1.29, 1.82) is 0 Å². The van der Waals surface area contributed by atoms with Crippen LogP contribution in [0.4, 0.5) is 17.2 Å². The Morgan fingerprint density at radius 1 is 0.875 bits per heavy atom. The lowest BCUT2D eigenvalue weighted by Crippen LogP contribution is -2.36. The van der Waals surface area contributed by atoms with E-state index in [1.54, 1.807) is 36.5 Å². The number of morpholine rings is 1. The monoisotopic (exact) mass is 471 g/mol. The number of nitrogens with zero attached hydrogens (tertiary/aromatic N) is 3. The van der Waals surface area contributed by atoms with E-state index in [4.69, 9.17) is 27.9 Å². The number of pyridine rings is 2. The summed E-state index contributed by atoms with van der Waals surface area (Å²) in [4.78, 5) is 35.6. The molecule has 8 nitrogen and oxygen atoms in total. The number of carbonyl (C=O) groups is 2. The molecule has 10 heteroatoms. The first-order valence-electron chi connectivity index (χ1n) is 9.82. The molecule has 1 aliphatic rings. The standard InChI is InChI=1S/C22H19Cl2N5O3/c23-17-2-1-16(13-18(17)28-22(31)14-3-5-25-19(24)11-14)27-21(30)15-4-6-26-20(12-15)29-7-9-32-10-8-29/h1-6,11-13H,7-10H2,(H,27,30)(H,28,31). The van der Waals surface area contributed by atoms with Gasteiger partial charge in [-0.15, -0.1) is 0 Å². The van der Waals surface area contributed by atoms with Crippen molar-refractivity contribution in [3.8, 4) is 0 Å². The molecule has 1 aromatic carbocycles. The topological polar surface area (TPSA) is 96.5 Å². The third-order valence-corrected chi connectivity index (χ3v) is 5.34. The Bertz CT molecular complexity index is 1150. The van der Waals surface area contributed by atoms with Gasteiger partial charge in [0.15, 0.2) is 0 Å². The van der Waals surface area contributed by atoms with Gasteiger partial charge in [0.2, 0.25) is 0 Å². The first-order valence-corrected chi connectivity index (χ1v) is 10.6. The largest absolute Gasteiger partial charge is 0.378 e. The maximum absolute atomic E-state index is 12.8. The molecule has 164 valence electrons. The number of benzene rings is 1. The zero-order chi connectivity index (χ0) is 22.5. The molecule has 0 atom stereocenters. The predicted octanol–water partition coefficient (Wildman–Crippen LogP) is 4.12. The first kappa shape index (κ1) is 22.0. The van der Waals surface area contributed by atoms with Crippen LogP contribution in [0.15, 0.2) is 54.9 Å². The van der Waals surface area contributed by atoms with Gasteiger partial charge in [-0.05, 0) is 42.5 Å². The number of nitrogens with one attached hydrogen (secondary N) is 2. The zero-order valence-electron chi connectivity index (χ0n) is 16.8. The first-order chi connectivity index (χ1) is 15.5. The Labute approximate surface area is 194 Å². The van der Waals surface area contributed by atoms with E-state index in [9.17, 15) is 9.59 Å². The summed E-state index contributed by atoms with van der Waals surface area (Å²) >= 11 is 12.1. The summed E-state index contributed by atoms with van der Waals surface area (Å²) in [7, 11) is 0. The van der Waals surface area contributed by atoms with Gasteiger partial charge in [-0.3, -0.25) is 9.59 Å². The van der Waals surface area contributed by atoms with E-state index in [2.05, 4.69) is 25.5 Å². The van der Waals surface area contributed by atoms with Crippen LogP contribution in [0.1, 0.15) is 20.7 Å². The molecule has 4 rings (SSSR count). The summed E-state index contributed by atoms with van der Waals surface area (Å²) in [6.07, 6.45) is 3.04. The number of ether oxygens (including phenoxy) is 1. The lowest BCUT2D eigenvalue weighted by Gasteiger charge is -2.27. The molecule has 2 N–H and O–H groups in total. The van der Waals surface area contributed by atoms with E-state index < -0.39 is 5.91 Å². The third kappa shape index (κ3) is 5.34. The average molecular weight is 472 g/mol. The lowest BCUT2D eigenvalue weighted by molar-refractivity contribution is 0.101. The SMILES string of the molecule is O=C(Nc1ccc(Cl)c(NC(=O)c2ccnc(Cl)c2)c1)c1ccnc(N2CCOCC2)c1. The maximum atomic E-state index is 12.8. The van der Waals surface area contributed by atoms with E-state index in [0.717, 1.165) is 18.9 Å². The normalized spacial score (nSPS) is 13.5. The third-order valence-electron chi connectivity index (χ3n) is 4.80. The van der Waals surface area contributed by atoms with E-state index in [-0.39, 0.29) is 11.1 Å². The lowest BCUT2D eigenvalue weighted by atomic mass is 10.2. The Hall–Kier alpha value is -3.20. The number of halogens is 2. The summed E-state index contributed by atoms with van der Waals surface area (Å²) in [5, 5.41) is 6.08. The number of carbonyl (C=O) groups excluding carboxylic acids is 2. The Morgan fingerprint density at radius 2 is 1.56 bits per heavy atom. The van der Waals surface area contributed by atoms with Crippen molar-refractivity contribution < 1.29 is 14.3 Å². The maximum Gasteiger partial charge on any atom is 0.255 e. The van der Waals surface area contributed by atoms with Crippen molar-refractivity contribution in [2.24, 2.45) is 0 Å². The molecule has 3 heterocycles. The summed E-state index contributed by atoms with van der Waals surface area (Å²) in [6.45, 7) is 2.70. The highest BCUT2D eigenvalue weighted by molar-refractivity contribution is 6.34. The molecule has 1 fully saturated rings.